The summed E-state index contributed by atoms with van der Waals surface area (Å²) in [6.45, 7) is 3.84. The van der Waals surface area contributed by atoms with Crippen LogP contribution in [0.5, 0.6) is 0 Å². The molecule has 30 heavy (non-hydrogen) atoms. The topological polar surface area (TPSA) is 95.2 Å². The average Bonchev–Trinajstić information content (AvgIpc) is 3.33. The second kappa shape index (κ2) is 7.64. The van der Waals surface area contributed by atoms with Crippen LogP contribution >= 0.6 is 0 Å². The van der Waals surface area contributed by atoms with E-state index in [1.54, 1.807) is 18.2 Å². The molecule has 1 saturated heterocycles. The summed E-state index contributed by atoms with van der Waals surface area (Å²) in [6, 6.07) is 10.4. The number of nitrogens with zero attached hydrogens (tertiary/aromatic N) is 3. The molecule has 2 aliphatic rings. The van der Waals surface area contributed by atoms with Gasteiger partial charge in [0.2, 0.25) is 0 Å². The van der Waals surface area contributed by atoms with Crippen molar-refractivity contribution in [2.45, 2.75) is 45.6 Å². The highest BCUT2D eigenvalue weighted by Crippen LogP contribution is 2.28. The van der Waals surface area contributed by atoms with Gasteiger partial charge < -0.3 is 4.57 Å². The normalized spacial score (nSPS) is 18.8. The van der Waals surface area contributed by atoms with E-state index in [1.807, 2.05) is 36.6 Å². The summed E-state index contributed by atoms with van der Waals surface area (Å²) < 4.78 is 2.00. The summed E-state index contributed by atoms with van der Waals surface area (Å²) in [7, 11) is 0. The van der Waals surface area contributed by atoms with Crippen LogP contribution in [-0.2, 0) is 9.59 Å². The quantitative estimate of drug-likeness (QED) is 0.629. The molecule has 4 amide bonds. The van der Waals surface area contributed by atoms with Crippen LogP contribution in [0.1, 0.15) is 48.2 Å². The number of benzene rings is 1. The third-order valence-electron chi connectivity index (χ3n) is 5.85. The Morgan fingerprint density at radius 2 is 1.77 bits per heavy atom. The lowest BCUT2D eigenvalue weighted by Gasteiger charge is -2.31. The zero-order valence-electron chi connectivity index (χ0n) is 16.9. The third kappa shape index (κ3) is 3.30. The number of aryl methyl sites for hydroxylation is 1. The first kappa shape index (κ1) is 19.6. The molecule has 0 spiro atoms. The van der Waals surface area contributed by atoms with Gasteiger partial charge in [-0.2, -0.15) is 5.26 Å². The number of hydrogen-bond acceptors (Lipinski definition) is 4. The van der Waals surface area contributed by atoms with Crippen LogP contribution in [0, 0.1) is 25.2 Å². The van der Waals surface area contributed by atoms with Gasteiger partial charge in [0.15, 0.2) is 0 Å². The SMILES string of the molecule is Cc1cc(/C=C2\C(=O)NC(=O)N(C3CCCC3)C2=O)c(C)n1-c1ccc(C#N)cc1. The number of imide groups is 2. The van der Waals surface area contributed by atoms with Crippen LogP contribution in [-0.4, -0.2) is 33.4 Å². The summed E-state index contributed by atoms with van der Waals surface area (Å²) in [5.41, 5.74) is 3.95. The minimum atomic E-state index is -0.664. The number of hydrogen-bond donors (Lipinski definition) is 1. The highest BCUT2D eigenvalue weighted by Gasteiger charge is 2.40. The lowest BCUT2D eigenvalue weighted by molar-refractivity contribution is -0.131. The predicted octanol–water partition coefficient (Wildman–Crippen LogP) is 3.37. The predicted molar refractivity (Wildman–Crippen MR) is 111 cm³/mol. The Morgan fingerprint density at radius 3 is 2.40 bits per heavy atom. The molecule has 1 N–H and O–H groups in total. The molecule has 2 heterocycles. The van der Waals surface area contributed by atoms with Crippen molar-refractivity contribution in [1.82, 2.24) is 14.8 Å². The molecule has 0 bridgehead atoms. The second-order valence-corrected chi connectivity index (χ2v) is 7.75. The first-order valence-electron chi connectivity index (χ1n) is 10.0. The van der Waals surface area contributed by atoms with Gasteiger partial charge in [-0.25, -0.2) is 4.79 Å². The van der Waals surface area contributed by atoms with E-state index in [-0.39, 0.29) is 11.6 Å². The van der Waals surface area contributed by atoms with E-state index in [9.17, 15) is 14.4 Å². The van der Waals surface area contributed by atoms with Crippen molar-refractivity contribution in [3.05, 3.63) is 58.4 Å². The Hall–Kier alpha value is -3.66. The molecule has 4 rings (SSSR count). The summed E-state index contributed by atoms with van der Waals surface area (Å²) in [5, 5.41) is 11.3. The van der Waals surface area contributed by atoms with Crippen LogP contribution < -0.4 is 5.32 Å². The van der Waals surface area contributed by atoms with E-state index >= 15 is 0 Å². The highest BCUT2D eigenvalue weighted by atomic mass is 16.2. The van der Waals surface area contributed by atoms with E-state index < -0.39 is 17.8 Å². The van der Waals surface area contributed by atoms with E-state index in [0.29, 0.717) is 5.56 Å². The lowest BCUT2D eigenvalue weighted by Crippen LogP contribution is -2.57. The molecule has 7 heteroatoms. The molecule has 2 fully saturated rings. The van der Waals surface area contributed by atoms with Gasteiger partial charge in [0.1, 0.15) is 5.57 Å². The number of nitriles is 1. The van der Waals surface area contributed by atoms with Crippen LogP contribution in [0.4, 0.5) is 4.79 Å². The number of urea groups is 1. The Labute approximate surface area is 174 Å². The Kier molecular flexibility index (Phi) is 5.00. The fraction of sp³-hybridized carbons (Fsp3) is 0.304. The molecule has 1 aromatic carbocycles. The van der Waals surface area contributed by atoms with Gasteiger partial charge in [-0.05, 0) is 68.7 Å². The summed E-state index contributed by atoms with van der Waals surface area (Å²) >= 11 is 0. The Balaban J connectivity index is 1.71. The maximum absolute atomic E-state index is 13.0. The number of nitrogens with one attached hydrogen (secondary N) is 1. The third-order valence-corrected chi connectivity index (χ3v) is 5.85. The van der Waals surface area contributed by atoms with Gasteiger partial charge in [0.25, 0.3) is 11.8 Å². The fourth-order valence-electron chi connectivity index (χ4n) is 4.34. The number of rotatable bonds is 3. The van der Waals surface area contributed by atoms with Crippen LogP contribution in [0.3, 0.4) is 0 Å². The van der Waals surface area contributed by atoms with Gasteiger partial charge in [0, 0.05) is 23.1 Å². The molecule has 152 valence electrons. The van der Waals surface area contributed by atoms with Crippen molar-refractivity contribution in [1.29, 1.82) is 5.26 Å². The molecular weight excluding hydrogens is 380 g/mol. The Morgan fingerprint density at radius 1 is 1.10 bits per heavy atom. The largest absolute Gasteiger partial charge is 0.331 e. The first-order valence-corrected chi connectivity index (χ1v) is 10.0. The minimum Gasteiger partial charge on any atom is -0.318 e. The molecule has 1 aliphatic heterocycles. The van der Waals surface area contributed by atoms with Crippen LogP contribution in [0.2, 0.25) is 0 Å². The van der Waals surface area contributed by atoms with E-state index in [2.05, 4.69) is 11.4 Å². The number of carbonyl (C=O) groups excluding carboxylic acids is 3. The minimum absolute atomic E-state index is 0.0263. The molecule has 1 saturated carbocycles. The monoisotopic (exact) mass is 402 g/mol. The molecular formula is C23H22N4O3. The van der Waals surface area contributed by atoms with Crippen molar-refractivity contribution >= 4 is 23.9 Å². The summed E-state index contributed by atoms with van der Waals surface area (Å²) in [4.78, 5) is 38.9. The van der Waals surface area contributed by atoms with E-state index in [0.717, 1.165) is 48.3 Å². The number of amides is 4. The van der Waals surface area contributed by atoms with Gasteiger partial charge in [-0.3, -0.25) is 19.8 Å². The van der Waals surface area contributed by atoms with Gasteiger partial charge in [-0.1, -0.05) is 12.8 Å². The Bertz CT molecular complexity index is 1110. The molecule has 0 radical (unpaired) electrons. The van der Waals surface area contributed by atoms with Crippen molar-refractivity contribution in [2.75, 3.05) is 0 Å². The molecule has 1 aliphatic carbocycles. The van der Waals surface area contributed by atoms with E-state index in [4.69, 9.17) is 5.26 Å². The maximum Gasteiger partial charge on any atom is 0.331 e. The number of barbiturate groups is 1. The summed E-state index contributed by atoms with van der Waals surface area (Å²) in [5.74, 6) is -1.19. The van der Waals surface area contributed by atoms with Crippen molar-refractivity contribution in [3.63, 3.8) is 0 Å². The van der Waals surface area contributed by atoms with Crippen LogP contribution in [0.25, 0.3) is 11.8 Å². The van der Waals surface area contributed by atoms with Gasteiger partial charge >= 0.3 is 6.03 Å². The highest BCUT2D eigenvalue weighted by molar-refractivity contribution is 6.31. The summed E-state index contributed by atoms with van der Waals surface area (Å²) in [6.07, 6.45) is 5.05. The van der Waals surface area contributed by atoms with Crippen molar-refractivity contribution in [3.8, 4) is 11.8 Å². The van der Waals surface area contributed by atoms with Crippen molar-refractivity contribution < 1.29 is 14.4 Å². The second-order valence-electron chi connectivity index (χ2n) is 7.75. The standard InChI is InChI=1S/C23H22N4O3/c1-14-11-17(15(2)26(14)19-9-7-16(13-24)8-10-19)12-20-21(28)25-23(30)27(22(20)29)18-5-3-4-6-18/h7-12,18H,3-6H2,1-2H3,(H,25,28,30)/b20-12+. The van der Waals surface area contributed by atoms with E-state index in [1.165, 1.54) is 4.90 Å². The van der Waals surface area contributed by atoms with Gasteiger partial charge in [0.05, 0.1) is 11.6 Å². The smallest absolute Gasteiger partial charge is 0.318 e. The molecule has 7 nitrogen and oxygen atoms in total. The average molecular weight is 402 g/mol. The number of aromatic nitrogens is 1. The lowest BCUT2D eigenvalue weighted by atomic mass is 10.1. The molecule has 1 aromatic heterocycles. The maximum atomic E-state index is 13.0. The zero-order chi connectivity index (χ0) is 21.4. The molecule has 2 aromatic rings. The molecule has 0 unspecified atom stereocenters. The van der Waals surface area contributed by atoms with Crippen LogP contribution in [0.15, 0.2) is 35.9 Å². The molecule has 0 atom stereocenters. The first-order chi connectivity index (χ1) is 14.4. The fourth-order valence-corrected chi connectivity index (χ4v) is 4.34. The van der Waals surface area contributed by atoms with Gasteiger partial charge in [-0.15, -0.1) is 0 Å². The zero-order valence-corrected chi connectivity index (χ0v) is 16.9. The number of carbonyl (C=O) groups is 3. The van der Waals surface area contributed by atoms with Crippen molar-refractivity contribution in [2.24, 2.45) is 0 Å².